The van der Waals surface area contributed by atoms with Gasteiger partial charge < -0.3 is 10.4 Å². The maximum Gasteiger partial charge on any atom is 0.251 e. The molecule has 1 amide bonds. The Labute approximate surface area is 136 Å². The molecule has 116 valence electrons. The molecular weight excluding hydrogens is 351 g/mol. The van der Waals surface area contributed by atoms with Gasteiger partial charge in [-0.2, -0.15) is 0 Å². The van der Waals surface area contributed by atoms with Gasteiger partial charge in [0.25, 0.3) is 5.91 Å². The van der Waals surface area contributed by atoms with Crippen molar-refractivity contribution in [1.82, 2.24) is 10.3 Å². The van der Waals surface area contributed by atoms with Crippen molar-refractivity contribution in [1.29, 1.82) is 0 Å². The van der Waals surface area contributed by atoms with Crippen LogP contribution in [0.2, 0.25) is 0 Å². The first kappa shape index (κ1) is 16.6. The second-order valence-corrected chi connectivity index (χ2v) is 6.38. The van der Waals surface area contributed by atoms with Crippen LogP contribution in [0.4, 0.5) is 4.39 Å². The number of hydrogen-bond acceptors (Lipinski definition) is 3. The third kappa shape index (κ3) is 4.11. The van der Waals surface area contributed by atoms with Crippen LogP contribution in [-0.4, -0.2) is 28.1 Å². The Morgan fingerprint density at radius 1 is 1.32 bits per heavy atom. The lowest BCUT2D eigenvalue weighted by atomic mass is 10.1. The lowest BCUT2D eigenvalue weighted by molar-refractivity contribution is 0.0869. The van der Waals surface area contributed by atoms with Gasteiger partial charge in [0.15, 0.2) is 0 Å². The fourth-order valence-electron chi connectivity index (χ4n) is 1.82. The minimum Gasteiger partial charge on any atom is -0.394 e. The van der Waals surface area contributed by atoms with E-state index in [0.717, 1.165) is 0 Å². The number of amides is 1. The Hall–Kier alpha value is -1.79. The summed E-state index contributed by atoms with van der Waals surface area (Å²) in [6.07, 6.45) is 0. The molecule has 0 aliphatic rings. The maximum absolute atomic E-state index is 13.0. The molecule has 6 heteroatoms. The number of aliphatic hydroxyl groups is 1. The summed E-state index contributed by atoms with van der Waals surface area (Å²) in [5.41, 5.74) is 0.949. The number of hydrogen-bond donors (Lipinski definition) is 2. The number of halogens is 2. The first-order chi connectivity index (χ1) is 10.3. The van der Waals surface area contributed by atoms with Gasteiger partial charge >= 0.3 is 0 Å². The Morgan fingerprint density at radius 3 is 2.55 bits per heavy atom. The predicted octanol–water partition coefficient (Wildman–Crippen LogP) is 3.15. The number of nitrogens with one attached hydrogen (secondary N) is 1. The lowest BCUT2D eigenvalue weighted by Gasteiger charge is -2.23. The summed E-state index contributed by atoms with van der Waals surface area (Å²) >= 11 is 3.28. The van der Waals surface area contributed by atoms with E-state index in [-0.39, 0.29) is 18.3 Å². The minimum atomic E-state index is -0.719. The molecular formula is C16H16BrFN2O2. The van der Waals surface area contributed by atoms with Gasteiger partial charge in [-0.25, -0.2) is 9.37 Å². The Bertz CT molecular complexity index is 687. The number of rotatable bonds is 4. The van der Waals surface area contributed by atoms with Gasteiger partial charge in [-0.05, 0) is 66.2 Å². The number of aliphatic hydroxyl groups excluding tert-OH is 1. The zero-order chi connectivity index (χ0) is 16.3. The topological polar surface area (TPSA) is 62.2 Å². The molecule has 0 radical (unpaired) electrons. The second-order valence-electron chi connectivity index (χ2n) is 5.57. The van der Waals surface area contributed by atoms with Gasteiger partial charge in [0.2, 0.25) is 0 Å². The number of nitrogens with zero attached hydrogens (tertiary/aromatic N) is 1. The highest BCUT2D eigenvalue weighted by atomic mass is 79.9. The predicted molar refractivity (Wildman–Crippen MR) is 86.0 cm³/mol. The van der Waals surface area contributed by atoms with Crippen LogP contribution in [0.15, 0.2) is 41.0 Å². The van der Waals surface area contributed by atoms with E-state index in [4.69, 9.17) is 0 Å². The van der Waals surface area contributed by atoms with Crippen molar-refractivity contribution in [3.63, 3.8) is 0 Å². The quantitative estimate of drug-likeness (QED) is 0.817. The summed E-state index contributed by atoms with van der Waals surface area (Å²) in [7, 11) is 0. The van der Waals surface area contributed by atoms with Gasteiger partial charge in [0.1, 0.15) is 10.4 Å². The highest BCUT2D eigenvalue weighted by Crippen LogP contribution is 2.22. The van der Waals surface area contributed by atoms with E-state index in [1.807, 2.05) is 0 Å². The van der Waals surface area contributed by atoms with Crippen LogP contribution in [0.25, 0.3) is 11.3 Å². The summed E-state index contributed by atoms with van der Waals surface area (Å²) in [6, 6.07) is 9.10. The number of benzene rings is 1. The van der Waals surface area contributed by atoms with Crippen molar-refractivity contribution in [2.45, 2.75) is 19.4 Å². The molecule has 0 atom stereocenters. The molecule has 0 saturated carbocycles. The number of pyridine rings is 1. The van der Waals surface area contributed by atoms with Crippen molar-refractivity contribution in [2.75, 3.05) is 6.61 Å². The van der Waals surface area contributed by atoms with E-state index in [0.29, 0.717) is 21.4 Å². The molecule has 0 aliphatic heterocycles. The van der Waals surface area contributed by atoms with Crippen LogP contribution in [0.3, 0.4) is 0 Å². The number of carbonyl (C=O) groups is 1. The molecule has 1 aromatic carbocycles. The first-order valence-corrected chi connectivity index (χ1v) is 7.47. The summed E-state index contributed by atoms with van der Waals surface area (Å²) in [5.74, 6) is -0.646. The zero-order valence-electron chi connectivity index (χ0n) is 12.2. The molecule has 2 N–H and O–H groups in total. The molecule has 0 saturated heterocycles. The van der Waals surface area contributed by atoms with E-state index in [9.17, 15) is 14.3 Å². The van der Waals surface area contributed by atoms with Crippen molar-refractivity contribution < 1.29 is 14.3 Å². The van der Waals surface area contributed by atoms with Gasteiger partial charge in [0, 0.05) is 11.1 Å². The summed E-state index contributed by atoms with van der Waals surface area (Å²) in [5, 5.41) is 12.0. The van der Waals surface area contributed by atoms with Crippen LogP contribution < -0.4 is 5.32 Å². The molecule has 1 aromatic heterocycles. The fourth-order valence-corrected chi connectivity index (χ4v) is 2.25. The largest absolute Gasteiger partial charge is 0.394 e. The molecule has 0 spiro atoms. The molecule has 0 unspecified atom stereocenters. The molecule has 22 heavy (non-hydrogen) atoms. The van der Waals surface area contributed by atoms with Gasteiger partial charge in [0.05, 0.1) is 17.8 Å². The van der Waals surface area contributed by atoms with Crippen molar-refractivity contribution in [3.8, 4) is 11.3 Å². The average molecular weight is 367 g/mol. The second kappa shape index (κ2) is 6.54. The van der Waals surface area contributed by atoms with E-state index >= 15 is 0 Å². The molecule has 2 aromatic rings. The van der Waals surface area contributed by atoms with Crippen molar-refractivity contribution in [2.24, 2.45) is 0 Å². The van der Waals surface area contributed by atoms with Crippen LogP contribution >= 0.6 is 15.9 Å². The SMILES string of the molecule is CC(C)(CO)NC(=O)c1cc(Br)nc(-c2ccc(F)cc2)c1. The zero-order valence-corrected chi connectivity index (χ0v) is 13.8. The van der Waals surface area contributed by atoms with Crippen molar-refractivity contribution >= 4 is 21.8 Å². The fraction of sp³-hybridized carbons (Fsp3) is 0.250. The standard InChI is InChI=1S/C16H16BrFN2O2/c1-16(2,9-21)20-15(22)11-7-13(19-14(17)8-11)10-3-5-12(18)6-4-10/h3-8,21H,9H2,1-2H3,(H,20,22). The normalized spacial score (nSPS) is 11.3. The van der Waals surface area contributed by atoms with E-state index < -0.39 is 5.54 Å². The number of carbonyl (C=O) groups excluding carboxylic acids is 1. The van der Waals surface area contributed by atoms with Crippen LogP contribution in [0.5, 0.6) is 0 Å². The Morgan fingerprint density at radius 2 is 1.95 bits per heavy atom. The smallest absolute Gasteiger partial charge is 0.251 e. The van der Waals surface area contributed by atoms with E-state index in [1.54, 1.807) is 38.1 Å². The molecule has 1 heterocycles. The average Bonchev–Trinajstić information content (AvgIpc) is 2.47. The summed E-state index contributed by atoms with van der Waals surface area (Å²) in [4.78, 5) is 16.6. The molecule has 0 aliphatic carbocycles. The Balaban J connectivity index is 2.34. The third-order valence-electron chi connectivity index (χ3n) is 3.04. The van der Waals surface area contributed by atoms with Crippen LogP contribution in [0.1, 0.15) is 24.2 Å². The van der Waals surface area contributed by atoms with E-state index in [2.05, 4.69) is 26.2 Å². The first-order valence-electron chi connectivity index (χ1n) is 6.68. The minimum absolute atomic E-state index is 0.171. The Kier molecular flexibility index (Phi) is 4.93. The molecule has 0 fully saturated rings. The molecule has 4 nitrogen and oxygen atoms in total. The monoisotopic (exact) mass is 366 g/mol. The molecule has 0 bridgehead atoms. The van der Waals surface area contributed by atoms with Crippen LogP contribution in [0, 0.1) is 5.82 Å². The van der Waals surface area contributed by atoms with Crippen molar-refractivity contribution in [3.05, 3.63) is 52.4 Å². The highest BCUT2D eigenvalue weighted by molar-refractivity contribution is 9.10. The van der Waals surface area contributed by atoms with Crippen LogP contribution in [-0.2, 0) is 0 Å². The van der Waals surface area contributed by atoms with Gasteiger partial charge in [-0.1, -0.05) is 0 Å². The van der Waals surface area contributed by atoms with Gasteiger partial charge in [-0.3, -0.25) is 4.79 Å². The maximum atomic E-state index is 13.0. The summed E-state index contributed by atoms with van der Waals surface area (Å²) in [6.45, 7) is 3.28. The summed E-state index contributed by atoms with van der Waals surface area (Å²) < 4.78 is 13.5. The van der Waals surface area contributed by atoms with E-state index in [1.165, 1.54) is 12.1 Å². The van der Waals surface area contributed by atoms with Gasteiger partial charge in [-0.15, -0.1) is 0 Å². The number of aromatic nitrogens is 1. The third-order valence-corrected chi connectivity index (χ3v) is 3.45. The lowest BCUT2D eigenvalue weighted by Crippen LogP contribution is -2.46. The highest BCUT2D eigenvalue weighted by Gasteiger charge is 2.20. The molecule has 2 rings (SSSR count).